The number of azide groups is 1. The van der Waals surface area contributed by atoms with Crippen LogP contribution in [0.2, 0.25) is 0 Å². The van der Waals surface area contributed by atoms with Gasteiger partial charge in [0.25, 0.3) is 0 Å². The molecule has 0 aliphatic carbocycles. The van der Waals surface area contributed by atoms with E-state index in [2.05, 4.69) is 30.5 Å². The van der Waals surface area contributed by atoms with Crippen LogP contribution >= 0.6 is 0 Å². The summed E-state index contributed by atoms with van der Waals surface area (Å²) < 4.78 is 11.4. The van der Waals surface area contributed by atoms with Crippen LogP contribution in [0.5, 0.6) is 0 Å². The molecule has 0 bridgehead atoms. The molecule has 0 spiro atoms. The first kappa shape index (κ1) is 17.0. The smallest absolute Gasteiger partial charge is 0.102 e. The fourth-order valence-corrected chi connectivity index (χ4v) is 1.44. The Labute approximate surface area is 110 Å². The van der Waals surface area contributed by atoms with E-state index in [9.17, 15) is 0 Å². The molecule has 0 rings (SSSR count). The number of unbranched alkanes of at least 4 members (excludes halogenated alkanes) is 2. The van der Waals surface area contributed by atoms with Gasteiger partial charge in [0.05, 0.1) is 12.6 Å². The number of ether oxygens (including phenoxy) is 2. The second-order valence-electron chi connectivity index (χ2n) is 4.10. The molecule has 0 aliphatic heterocycles. The second-order valence-corrected chi connectivity index (χ2v) is 4.10. The second kappa shape index (κ2) is 12.4. The van der Waals surface area contributed by atoms with Gasteiger partial charge in [-0.3, -0.25) is 0 Å². The fourth-order valence-electron chi connectivity index (χ4n) is 1.44. The molecule has 0 radical (unpaired) electrons. The van der Waals surface area contributed by atoms with Crippen LogP contribution in [0.1, 0.15) is 39.5 Å². The van der Waals surface area contributed by atoms with Crippen molar-refractivity contribution in [2.75, 3.05) is 19.8 Å². The molecule has 0 N–H and O–H groups in total. The molecule has 5 nitrogen and oxygen atoms in total. The Hall–Kier alpha value is -1.03. The van der Waals surface area contributed by atoms with E-state index in [1.807, 2.05) is 0 Å². The molecule has 0 aromatic heterocycles. The molecule has 0 aromatic carbocycles. The van der Waals surface area contributed by atoms with Gasteiger partial charge in [0, 0.05) is 18.1 Å². The van der Waals surface area contributed by atoms with E-state index in [4.69, 9.17) is 15.0 Å². The van der Waals surface area contributed by atoms with Crippen LogP contribution in [0.4, 0.5) is 0 Å². The van der Waals surface area contributed by atoms with E-state index in [1.165, 1.54) is 0 Å². The highest BCUT2D eigenvalue weighted by Crippen LogP contribution is 2.09. The molecule has 0 aliphatic rings. The van der Waals surface area contributed by atoms with Crippen molar-refractivity contribution < 1.29 is 9.47 Å². The molecule has 5 heteroatoms. The molecule has 2 atom stereocenters. The first-order valence-corrected chi connectivity index (χ1v) is 6.66. The van der Waals surface area contributed by atoms with Crippen molar-refractivity contribution in [3.8, 4) is 0 Å². The van der Waals surface area contributed by atoms with Crippen LogP contribution in [0, 0.1) is 0 Å². The van der Waals surface area contributed by atoms with Crippen molar-refractivity contribution in [3.05, 3.63) is 23.1 Å². The third kappa shape index (κ3) is 8.12. The van der Waals surface area contributed by atoms with E-state index in [0.29, 0.717) is 13.2 Å². The Balaban J connectivity index is 4.26. The van der Waals surface area contributed by atoms with Crippen LogP contribution in [0.25, 0.3) is 10.4 Å². The maximum absolute atomic E-state index is 8.39. The van der Waals surface area contributed by atoms with E-state index in [1.54, 1.807) is 6.08 Å². The standard InChI is InChI=1S/C13H25N3O2/c1-4-7-9-17-12(6-3)13(11-15-16-14)18-10-8-5-2/h6,12-13H,3-5,7-11H2,1-2H3/t12-,13+/m1/s1. The highest BCUT2D eigenvalue weighted by Gasteiger charge is 2.19. The monoisotopic (exact) mass is 255 g/mol. The quantitative estimate of drug-likeness (QED) is 0.175. The maximum atomic E-state index is 8.39. The zero-order valence-electron chi connectivity index (χ0n) is 11.5. The summed E-state index contributed by atoms with van der Waals surface area (Å²) in [5.41, 5.74) is 8.39. The van der Waals surface area contributed by atoms with Crippen LogP contribution in [-0.2, 0) is 9.47 Å². The summed E-state index contributed by atoms with van der Waals surface area (Å²) in [5, 5.41) is 3.58. The van der Waals surface area contributed by atoms with Gasteiger partial charge in [0.1, 0.15) is 6.10 Å². The lowest BCUT2D eigenvalue weighted by molar-refractivity contribution is -0.0482. The largest absolute Gasteiger partial charge is 0.375 e. The lowest BCUT2D eigenvalue weighted by atomic mass is 10.2. The van der Waals surface area contributed by atoms with Crippen LogP contribution < -0.4 is 0 Å². The zero-order chi connectivity index (χ0) is 13.6. The first-order chi connectivity index (χ1) is 8.79. The predicted octanol–water partition coefficient (Wildman–Crippen LogP) is 3.85. The number of hydrogen-bond acceptors (Lipinski definition) is 3. The van der Waals surface area contributed by atoms with Crippen LogP contribution in [0.15, 0.2) is 17.8 Å². The van der Waals surface area contributed by atoms with Gasteiger partial charge in [-0.2, -0.15) is 0 Å². The molecule has 0 saturated heterocycles. The molecule has 104 valence electrons. The number of rotatable bonds is 12. The topological polar surface area (TPSA) is 67.2 Å². The summed E-state index contributed by atoms with van der Waals surface area (Å²) >= 11 is 0. The van der Waals surface area contributed by atoms with Gasteiger partial charge in [0.15, 0.2) is 0 Å². The minimum atomic E-state index is -0.234. The van der Waals surface area contributed by atoms with Gasteiger partial charge in [-0.15, -0.1) is 6.58 Å². The predicted molar refractivity (Wildman–Crippen MR) is 73.5 cm³/mol. The average molecular weight is 255 g/mol. The average Bonchev–Trinajstić information content (AvgIpc) is 2.39. The lowest BCUT2D eigenvalue weighted by Crippen LogP contribution is -2.33. The van der Waals surface area contributed by atoms with Crippen LogP contribution in [0.3, 0.4) is 0 Å². The Morgan fingerprint density at radius 3 is 2.33 bits per heavy atom. The van der Waals surface area contributed by atoms with Gasteiger partial charge in [-0.1, -0.05) is 37.9 Å². The fraction of sp³-hybridized carbons (Fsp3) is 0.846. The van der Waals surface area contributed by atoms with E-state index in [0.717, 1.165) is 25.7 Å². The molecule has 0 amide bonds. The van der Waals surface area contributed by atoms with E-state index < -0.39 is 0 Å². The molecular formula is C13H25N3O2. The van der Waals surface area contributed by atoms with Crippen molar-refractivity contribution in [2.24, 2.45) is 5.11 Å². The molecule has 0 heterocycles. The Bertz CT molecular complexity index is 253. The third-order valence-corrected chi connectivity index (χ3v) is 2.56. The molecular weight excluding hydrogens is 230 g/mol. The summed E-state index contributed by atoms with van der Waals surface area (Å²) in [6.45, 7) is 9.59. The summed E-state index contributed by atoms with van der Waals surface area (Å²) in [5.74, 6) is 0. The van der Waals surface area contributed by atoms with Gasteiger partial charge in [-0.05, 0) is 18.4 Å². The minimum absolute atomic E-state index is 0.209. The van der Waals surface area contributed by atoms with Crippen LogP contribution in [-0.4, -0.2) is 32.0 Å². The van der Waals surface area contributed by atoms with Crippen molar-refractivity contribution in [1.82, 2.24) is 0 Å². The van der Waals surface area contributed by atoms with Crippen molar-refractivity contribution in [3.63, 3.8) is 0 Å². The summed E-state index contributed by atoms with van der Waals surface area (Å²) in [6.07, 6.45) is 5.43. The Kier molecular flexibility index (Phi) is 11.7. The SMILES string of the molecule is C=C[C@@H](OCCCC)[C@H](CN=[N+]=[N-])OCCCC. The summed E-state index contributed by atoms with van der Waals surface area (Å²) in [6, 6.07) is 0. The van der Waals surface area contributed by atoms with Crippen molar-refractivity contribution in [1.29, 1.82) is 0 Å². The molecule has 0 fully saturated rings. The summed E-state index contributed by atoms with van der Waals surface area (Å²) in [7, 11) is 0. The zero-order valence-corrected chi connectivity index (χ0v) is 11.5. The Morgan fingerprint density at radius 1 is 1.22 bits per heavy atom. The van der Waals surface area contributed by atoms with Gasteiger partial charge in [-0.25, -0.2) is 0 Å². The molecule has 0 aromatic rings. The van der Waals surface area contributed by atoms with Gasteiger partial charge < -0.3 is 9.47 Å². The van der Waals surface area contributed by atoms with E-state index in [-0.39, 0.29) is 18.8 Å². The summed E-state index contributed by atoms with van der Waals surface area (Å²) in [4.78, 5) is 2.77. The van der Waals surface area contributed by atoms with Crippen molar-refractivity contribution >= 4 is 0 Å². The Morgan fingerprint density at radius 2 is 1.83 bits per heavy atom. The van der Waals surface area contributed by atoms with E-state index >= 15 is 0 Å². The molecule has 0 unspecified atom stereocenters. The minimum Gasteiger partial charge on any atom is -0.375 e. The highest BCUT2D eigenvalue weighted by molar-refractivity contribution is 4.88. The highest BCUT2D eigenvalue weighted by atomic mass is 16.5. The molecule has 18 heavy (non-hydrogen) atoms. The normalized spacial score (nSPS) is 13.7. The number of nitrogens with zero attached hydrogens (tertiary/aromatic N) is 3. The number of hydrogen-bond donors (Lipinski definition) is 0. The van der Waals surface area contributed by atoms with Gasteiger partial charge in [0.2, 0.25) is 0 Å². The van der Waals surface area contributed by atoms with Gasteiger partial charge >= 0.3 is 0 Å². The molecule has 0 saturated carbocycles. The first-order valence-electron chi connectivity index (χ1n) is 6.66. The lowest BCUT2D eigenvalue weighted by Gasteiger charge is -2.23. The third-order valence-electron chi connectivity index (χ3n) is 2.56. The maximum Gasteiger partial charge on any atom is 0.102 e. The van der Waals surface area contributed by atoms with Crippen molar-refractivity contribution in [2.45, 2.75) is 51.7 Å².